The molecule has 80 valence electrons. The molecule has 0 radical (unpaired) electrons. The Kier molecular flexibility index (Phi) is 3.05. The van der Waals surface area contributed by atoms with Crippen LogP contribution in [0.25, 0.3) is 5.57 Å². The van der Waals surface area contributed by atoms with E-state index in [1.165, 1.54) is 12.1 Å². The SMILES string of the molecule is NC1C=C(c2cc(F)ccc2Cl)CNC1. The van der Waals surface area contributed by atoms with Gasteiger partial charge in [-0.3, -0.25) is 0 Å². The zero-order valence-corrected chi connectivity index (χ0v) is 8.89. The molecule has 0 aliphatic carbocycles. The first kappa shape index (κ1) is 10.6. The van der Waals surface area contributed by atoms with E-state index in [0.29, 0.717) is 11.6 Å². The summed E-state index contributed by atoms with van der Waals surface area (Å²) in [5.74, 6) is -0.283. The lowest BCUT2D eigenvalue weighted by Gasteiger charge is -2.20. The van der Waals surface area contributed by atoms with Crippen molar-refractivity contribution in [1.29, 1.82) is 0 Å². The number of benzene rings is 1. The molecule has 3 N–H and O–H groups in total. The average Bonchev–Trinajstić information content (AvgIpc) is 2.22. The second-order valence-electron chi connectivity index (χ2n) is 3.61. The van der Waals surface area contributed by atoms with Crippen molar-refractivity contribution in [2.24, 2.45) is 5.73 Å². The molecule has 15 heavy (non-hydrogen) atoms. The highest BCUT2D eigenvalue weighted by Crippen LogP contribution is 2.25. The molecule has 1 heterocycles. The highest BCUT2D eigenvalue weighted by atomic mass is 35.5. The molecule has 1 unspecified atom stereocenters. The first-order valence-corrected chi connectivity index (χ1v) is 5.17. The van der Waals surface area contributed by atoms with Crippen LogP contribution in [0.4, 0.5) is 4.39 Å². The molecular formula is C11H12ClFN2. The first-order chi connectivity index (χ1) is 7.16. The fraction of sp³-hybridized carbons (Fsp3) is 0.273. The van der Waals surface area contributed by atoms with Crippen molar-refractivity contribution in [2.45, 2.75) is 6.04 Å². The monoisotopic (exact) mass is 226 g/mol. The van der Waals surface area contributed by atoms with Crippen molar-refractivity contribution >= 4 is 17.2 Å². The van der Waals surface area contributed by atoms with E-state index in [2.05, 4.69) is 5.32 Å². The third kappa shape index (κ3) is 2.37. The van der Waals surface area contributed by atoms with Gasteiger partial charge in [0.05, 0.1) is 0 Å². The van der Waals surface area contributed by atoms with Crippen molar-refractivity contribution in [3.63, 3.8) is 0 Å². The van der Waals surface area contributed by atoms with Gasteiger partial charge in [0.1, 0.15) is 5.82 Å². The highest BCUT2D eigenvalue weighted by Gasteiger charge is 2.13. The smallest absolute Gasteiger partial charge is 0.123 e. The molecule has 0 spiro atoms. The Labute approximate surface area is 92.9 Å². The van der Waals surface area contributed by atoms with Crippen LogP contribution < -0.4 is 11.1 Å². The predicted molar refractivity (Wildman–Crippen MR) is 60.2 cm³/mol. The Hall–Kier alpha value is -0.900. The summed E-state index contributed by atoms with van der Waals surface area (Å²) >= 11 is 6.00. The van der Waals surface area contributed by atoms with Gasteiger partial charge in [0, 0.05) is 29.7 Å². The zero-order valence-electron chi connectivity index (χ0n) is 8.13. The van der Waals surface area contributed by atoms with E-state index >= 15 is 0 Å². The van der Waals surface area contributed by atoms with Crippen LogP contribution in [0.3, 0.4) is 0 Å². The van der Waals surface area contributed by atoms with Crippen LogP contribution in [-0.2, 0) is 0 Å². The normalized spacial score (nSPS) is 21.3. The molecule has 0 saturated carbocycles. The van der Waals surface area contributed by atoms with Crippen LogP contribution in [-0.4, -0.2) is 19.1 Å². The van der Waals surface area contributed by atoms with Gasteiger partial charge in [-0.25, -0.2) is 4.39 Å². The van der Waals surface area contributed by atoms with E-state index in [-0.39, 0.29) is 11.9 Å². The summed E-state index contributed by atoms with van der Waals surface area (Å²) in [6.07, 6.45) is 1.93. The molecule has 4 heteroatoms. The summed E-state index contributed by atoms with van der Waals surface area (Å²) < 4.78 is 13.1. The molecule has 1 aromatic rings. The summed E-state index contributed by atoms with van der Waals surface area (Å²) in [4.78, 5) is 0. The quantitative estimate of drug-likeness (QED) is 0.766. The van der Waals surface area contributed by atoms with E-state index in [1.807, 2.05) is 6.08 Å². The van der Waals surface area contributed by atoms with Gasteiger partial charge >= 0.3 is 0 Å². The largest absolute Gasteiger partial charge is 0.323 e. The molecule has 0 fully saturated rings. The topological polar surface area (TPSA) is 38.0 Å². The minimum atomic E-state index is -0.283. The van der Waals surface area contributed by atoms with Gasteiger partial charge in [0.25, 0.3) is 0 Å². The van der Waals surface area contributed by atoms with Gasteiger partial charge < -0.3 is 11.1 Å². The van der Waals surface area contributed by atoms with Crippen molar-refractivity contribution in [2.75, 3.05) is 13.1 Å². The molecule has 1 aliphatic rings. The van der Waals surface area contributed by atoms with E-state index in [4.69, 9.17) is 17.3 Å². The summed E-state index contributed by atoms with van der Waals surface area (Å²) in [7, 11) is 0. The van der Waals surface area contributed by atoms with Crippen LogP contribution in [0, 0.1) is 5.82 Å². The highest BCUT2D eigenvalue weighted by molar-refractivity contribution is 6.32. The van der Waals surface area contributed by atoms with Crippen molar-refractivity contribution in [3.8, 4) is 0 Å². The number of nitrogens with two attached hydrogens (primary N) is 1. The summed E-state index contributed by atoms with van der Waals surface area (Å²) in [5, 5.41) is 3.71. The number of nitrogens with one attached hydrogen (secondary N) is 1. The Morgan fingerprint density at radius 1 is 1.47 bits per heavy atom. The Morgan fingerprint density at radius 2 is 2.27 bits per heavy atom. The second-order valence-corrected chi connectivity index (χ2v) is 4.02. The Balaban J connectivity index is 2.40. The lowest BCUT2D eigenvalue weighted by atomic mass is 10.0. The third-order valence-corrected chi connectivity index (χ3v) is 2.71. The van der Waals surface area contributed by atoms with Crippen molar-refractivity contribution in [1.82, 2.24) is 5.32 Å². The lowest BCUT2D eigenvalue weighted by molar-refractivity contribution is 0.626. The minimum Gasteiger partial charge on any atom is -0.323 e. The molecule has 2 nitrogen and oxygen atoms in total. The molecule has 0 aromatic heterocycles. The van der Waals surface area contributed by atoms with E-state index < -0.39 is 0 Å². The number of halogens is 2. The van der Waals surface area contributed by atoms with Gasteiger partial charge in [-0.1, -0.05) is 17.7 Å². The molecule has 0 saturated heterocycles. The van der Waals surface area contributed by atoms with Gasteiger partial charge in [-0.05, 0) is 23.8 Å². The van der Waals surface area contributed by atoms with Crippen LogP contribution in [0.15, 0.2) is 24.3 Å². The van der Waals surface area contributed by atoms with Crippen LogP contribution >= 0.6 is 11.6 Å². The van der Waals surface area contributed by atoms with Gasteiger partial charge in [0.2, 0.25) is 0 Å². The number of rotatable bonds is 1. The summed E-state index contributed by atoms with van der Waals surface area (Å²) in [6.45, 7) is 1.42. The molecular weight excluding hydrogens is 215 g/mol. The lowest BCUT2D eigenvalue weighted by Crippen LogP contribution is -2.37. The van der Waals surface area contributed by atoms with Crippen LogP contribution in [0.2, 0.25) is 5.02 Å². The summed E-state index contributed by atoms with van der Waals surface area (Å²) in [5.41, 5.74) is 7.45. The third-order valence-electron chi connectivity index (χ3n) is 2.39. The molecule has 0 amide bonds. The first-order valence-electron chi connectivity index (χ1n) is 4.79. The zero-order chi connectivity index (χ0) is 10.8. The maximum absolute atomic E-state index is 13.1. The molecule has 1 aliphatic heterocycles. The predicted octanol–water partition coefficient (Wildman–Crippen LogP) is 1.79. The molecule has 2 rings (SSSR count). The molecule has 0 bridgehead atoms. The maximum Gasteiger partial charge on any atom is 0.123 e. The minimum absolute atomic E-state index is 0.0342. The van der Waals surface area contributed by atoms with Crippen LogP contribution in [0.1, 0.15) is 5.56 Å². The fourth-order valence-electron chi connectivity index (χ4n) is 1.68. The van der Waals surface area contributed by atoms with E-state index in [0.717, 1.165) is 17.7 Å². The molecule has 1 aromatic carbocycles. The Bertz CT molecular complexity index is 404. The van der Waals surface area contributed by atoms with Crippen molar-refractivity contribution < 1.29 is 4.39 Å². The fourth-order valence-corrected chi connectivity index (χ4v) is 1.92. The van der Waals surface area contributed by atoms with Gasteiger partial charge in [0.15, 0.2) is 0 Å². The number of hydrogen-bond acceptors (Lipinski definition) is 2. The van der Waals surface area contributed by atoms with Gasteiger partial charge in [-0.2, -0.15) is 0 Å². The second kappa shape index (κ2) is 4.31. The summed E-state index contributed by atoms with van der Waals surface area (Å²) in [6, 6.07) is 4.32. The average molecular weight is 227 g/mol. The van der Waals surface area contributed by atoms with Crippen LogP contribution in [0.5, 0.6) is 0 Å². The van der Waals surface area contributed by atoms with Crippen molar-refractivity contribution in [3.05, 3.63) is 40.7 Å². The molecule has 1 atom stereocenters. The maximum atomic E-state index is 13.1. The Morgan fingerprint density at radius 3 is 3.00 bits per heavy atom. The van der Waals surface area contributed by atoms with E-state index in [1.54, 1.807) is 6.07 Å². The van der Waals surface area contributed by atoms with E-state index in [9.17, 15) is 4.39 Å². The standard InChI is InChI=1S/C11H12ClFN2/c12-11-2-1-8(13)4-10(11)7-3-9(14)6-15-5-7/h1-4,9,15H,5-6,14H2. The number of hydrogen-bond donors (Lipinski definition) is 2. The van der Waals surface area contributed by atoms with Gasteiger partial charge in [-0.15, -0.1) is 0 Å².